The molecule has 14 heavy (non-hydrogen) atoms. The summed E-state index contributed by atoms with van der Waals surface area (Å²) in [6, 6.07) is 4.04. The molecule has 0 spiro atoms. The lowest BCUT2D eigenvalue weighted by molar-refractivity contribution is 0.0831. The van der Waals surface area contributed by atoms with E-state index in [1.54, 1.807) is 0 Å². The normalized spacial score (nSPS) is 24.9. The molecule has 1 atom stereocenters. The summed E-state index contributed by atoms with van der Waals surface area (Å²) in [5.41, 5.74) is 2.45. The van der Waals surface area contributed by atoms with E-state index in [2.05, 4.69) is 29.8 Å². The largest absolute Gasteiger partial charge is 0.485 e. The van der Waals surface area contributed by atoms with E-state index in [1.807, 2.05) is 19.1 Å². The quantitative estimate of drug-likeness (QED) is 0.664. The first-order chi connectivity index (χ1) is 6.48. The fourth-order valence-corrected chi connectivity index (χ4v) is 1.71. The van der Waals surface area contributed by atoms with Crippen LogP contribution >= 0.6 is 15.9 Å². The Morgan fingerprint density at radius 2 is 1.79 bits per heavy atom. The van der Waals surface area contributed by atoms with Gasteiger partial charge in [-0.1, -0.05) is 0 Å². The molecule has 0 saturated carbocycles. The number of fused-ring (bicyclic) bond motifs is 1. The molecule has 1 aromatic carbocycles. The van der Waals surface area contributed by atoms with Crippen LogP contribution in [0.1, 0.15) is 18.1 Å². The van der Waals surface area contributed by atoms with Crippen molar-refractivity contribution in [3.63, 3.8) is 0 Å². The Bertz CT molecular complexity index is 372. The summed E-state index contributed by atoms with van der Waals surface area (Å²) in [7, 11) is 0. The molecule has 0 N–H and O–H groups in total. The zero-order chi connectivity index (χ0) is 10.3. The predicted molar refractivity (Wildman–Crippen MR) is 59.4 cm³/mol. The second-order valence-electron chi connectivity index (χ2n) is 3.88. The van der Waals surface area contributed by atoms with Crippen molar-refractivity contribution in [1.29, 1.82) is 0 Å². The Morgan fingerprint density at radius 1 is 1.21 bits per heavy atom. The van der Waals surface area contributed by atoms with E-state index < -0.39 is 4.51 Å². The first-order valence-electron chi connectivity index (χ1n) is 4.60. The molecular weight excluding hydrogens is 244 g/mol. The number of rotatable bonds is 0. The molecule has 1 heterocycles. The van der Waals surface area contributed by atoms with Crippen molar-refractivity contribution in [1.82, 2.24) is 0 Å². The lowest BCUT2D eigenvalue weighted by Gasteiger charge is -2.31. The third-order valence-corrected chi connectivity index (χ3v) is 2.76. The third-order valence-electron chi connectivity index (χ3n) is 2.37. The van der Waals surface area contributed by atoms with E-state index in [0.717, 1.165) is 11.5 Å². The van der Waals surface area contributed by atoms with Crippen LogP contribution in [0.2, 0.25) is 0 Å². The summed E-state index contributed by atoms with van der Waals surface area (Å²) in [4.78, 5) is 0. The highest BCUT2D eigenvalue weighted by Crippen LogP contribution is 2.39. The van der Waals surface area contributed by atoms with Gasteiger partial charge in [0.25, 0.3) is 0 Å². The van der Waals surface area contributed by atoms with Crippen LogP contribution in [-0.2, 0) is 0 Å². The molecule has 0 saturated heterocycles. The minimum atomic E-state index is -0.401. The van der Waals surface area contributed by atoms with Crippen LogP contribution in [0.5, 0.6) is 11.5 Å². The number of halogens is 1. The Kier molecular flexibility index (Phi) is 2.22. The number of benzene rings is 1. The number of ether oxygens (including phenoxy) is 2. The maximum absolute atomic E-state index is 5.75. The molecule has 3 heteroatoms. The summed E-state index contributed by atoms with van der Waals surface area (Å²) >= 11 is 3.46. The van der Waals surface area contributed by atoms with Gasteiger partial charge in [-0.15, -0.1) is 0 Å². The second-order valence-corrected chi connectivity index (χ2v) is 5.55. The van der Waals surface area contributed by atoms with E-state index in [9.17, 15) is 0 Å². The Labute approximate surface area is 92.3 Å². The third kappa shape index (κ3) is 1.73. The summed E-state index contributed by atoms with van der Waals surface area (Å²) < 4.78 is 10.9. The van der Waals surface area contributed by atoms with Gasteiger partial charge in [0.2, 0.25) is 0 Å². The van der Waals surface area contributed by atoms with E-state index in [-0.39, 0.29) is 0 Å². The van der Waals surface area contributed by atoms with Crippen molar-refractivity contribution in [2.24, 2.45) is 0 Å². The van der Waals surface area contributed by atoms with Gasteiger partial charge in [0.1, 0.15) is 6.61 Å². The summed E-state index contributed by atoms with van der Waals surface area (Å²) in [5.74, 6) is 1.66. The zero-order valence-electron chi connectivity index (χ0n) is 8.56. The first-order valence-corrected chi connectivity index (χ1v) is 5.39. The lowest BCUT2D eigenvalue weighted by Crippen LogP contribution is -2.35. The van der Waals surface area contributed by atoms with Gasteiger partial charge in [-0.3, -0.25) is 0 Å². The smallest absolute Gasteiger partial charge is 0.194 e. The van der Waals surface area contributed by atoms with Crippen molar-refractivity contribution in [3.8, 4) is 11.5 Å². The minimum Gasteiger partial charge on any atom is -0.485 e. The molecule has 0 aromatic heterocycles. The van der Waals surface area contributed by atoms with Crippen molar-refractivity contribution >= 4 is 15.9 Å². The van der Waals surface area contributed by atoms with E-state index in [4.69, 9.17) is 9.47 Å². The maximum Gasteiger partial charge on any atom is 0.194 e. The minimum absolute atomic E-state index is 0.401. The molecule has 0 unspecified atom stereocenters. The van der Waals surface area contributed by atoms with Crippen molar-refractivity contribution in [2.75, 3.05) is 6.61 Å². The first kappa shape index (κ1) is 9.84. The number of aryl methyl sites for hydroxylation is 2. The number of hydrogen-bond acceptors (Lipinski definition) is 2. The van der Waals surface area contributed by atoms with Crippen LogP contribution in [0.4, 0.5) is 0 Å². The predicted octanol–water partition coefficient (Wildman–Crippen LogP) is 3.19. The highest BCUT2D eigenvalue weighted by Gasteiger charge is 2.30. The molecule has 1 aliphatic heterocycles. The van der Waals surface area contributed by atoms with E-state index >= 15 is 0 Å². The van der Waals surface area contributed by atoms with E-state index in [1.165, 1.54) is 11.1 Å². The SMILES string of the molecule is Cc1cc2c(cc1C)O[C@@](C)(Br)CO2. The second kappa shape index (κ2) is 3.16. The average Bonchev–Trinajstić information content (AvgIpc) is 2.07. The van der Waals surface area contributed by atoms with E-state index in [0.29, 0.717) is 6.61 Å². The molecule has 1 aliphatic rings. The standard InChI is InChI=1S/C11H13BrO2/c1-7-4-9-10(5-8(7)2)14-11(3,12)6-13-9/h4-5H,6H2,1-3H3/t11-/m1/s1. The van der Waals surface area contributed by atoms with Gasteiger partial charge in [-0.05, 0) is 60.0 Å². The molecule has 0 fully saturated rings. The van der Waals surface area contributed by atoms with Gasteiger partial charge in [0.05, 0.1) is 0 Å². The molecular formula is C11H13BrO2. The molecule has 2 nitrogen and oxygen atoms in total. The van der Waals surface area contributed by atoms with Gasteiger partial charge >= 0.3 is 0 Å². The van der Waals surface area contributed by atoms with Gasteiger partial charge in [-0.25, -0.2) is 0 Å². The lowest BCUT2D eigenvalue weighted by atomic mass is 10.1. The van der Waals surface area contributed by atoms with Gasteiger partial charge in [-0.2, -0.15) is 0 Å². The van der Waals surface area contributed by atoms with Crippen LogP contribution in [0, 0.1) is 13.8 Å². The fourth-order valence-electron chi connectivity index (χ4n) is 1.42. The Morgan fingerprint density at radius 3 is 2.43 bits per heavy atom. The number of alkyl halides is 1. The van der Waals surface area contributed by atoms with Crippen LogP contribution in [0.15, 0.2) is 12.1 Å². The molecule has 1 aromatic rings. The van der Waals surface area contributed by atoms with Crippen LogP contribution in [-0.4, -0.2) is 11.1 Å². The molecule has 2 rings (SSSR count). The topological polar surface area (TPSA) is 18.5 Å². The summed E-state index contributed by atoms with van der Waals surface area (Å²) in [5, 5.41) is 0. The average molecular weight is 257 g/mol. The van der Waals surface area contributed by atoms with Gasteiger partial charge < -0.3 is 9.47 Å². The molecule has 0 radical (unpaired) electrons. The van der Waals surface area contributed by atoms with Gasteiger partial charge in [0.15, 0.2) is 16.0 Å². The zero-order valence-corrected chi connectivity index (χ0v) is 10.1. The highest BCUT2D eigenvalue weighted by atomic mass is 79.9. The van der Waals surface area contributed by atoms with Crippen molar-refractivity contribution in [2.45, 2.75) is 25.3 Å². The Hall–Kier alpha value is -0.700. The van der Waals surface area contributed by atoms with Crippen LogP contribution in [0.25, 0.3) is 0 Å². The number of hydrogen-bond donors (Lipinski definition) is 0. The molecule has 0 amide bonds. The van der Waals surface area contributed by atoms with Crippen molar-refractivity contribution in [3.05, 3.63) is 23.3 Å². The van der Waals surface area contributed by atoms with Crippen LogP contribution in [0.3, 0.4) is 0 Å². The Balaban J connectivity index is 2.43. The monoisotopic (exact) mass is 256 g/mol. The summed E-state index contributed by atoms with van der Waals surface area (Å²) in [6.07, 6.45) is 0. The summed E-state index contributed by atoms with van der Waals surface area (Å²) in [6.45, 7) is 6.62. The van der Waals surface area contributed by atoms with Gasteiger partial charge in [0, 0.05) is 0 Å². The molecule has 0 bridgehead atoms. The molecule has 76 valence electrons. The molecule has 0 aliphatic carbocycles. The highest BCUT2D eigenvalue weighted by molar-refractivity contribution is 9.10. The van der Waals surface area contributed by atoms with Crippen molar-refractivity contribution < 1.29 is 9.47 Å². The fraction of sp³-hybridized carbons (Fsp3) is 0.455. The maximum atomic E-state index is 5.75. The van der Waals surface area contributed by atoms with Crippen LogP contribution < -0.4 is 9.47 Å².